The van der Waals surface area contributed by atoms with Gasteiger partial charge in [0.25, 0.3) is 11.8 Å². The molecular formula is C26H23ClN2O3. The first kappa shape index (κ1) is 21.7. The van der Waals surface area contributed by atoms with Crippen molar-refractivity contribution in [3.63, 3.8) is 0 Å². The van der Waals surface area contributed by atoms with Crippen LogP contribution < -0.4 is 15.0 Å². The van der Waals surface area contributed by atoms with Crippen molar-refractivity contribution in [1.29, 1.82) is 0 Å². The Morgan fingerprint density at radius 1 is 0.844 bits per heavy atom. The lowest BCUT2D eigenvalue weighted by molar-refractivity contribution is -0.120. The van der Waals surface area contributed by atoms with E-state index in [1.807, 2.05) is 57.2 Å². The summed E-state index contributed by atoms with van der Waals surface area (Å²) in [4.78, 5) is 28.4. The molecular weight excluding hydrogens is 424 g/mol. The molecule has 0 fully saturated rings. The van der Waals surface area contributed by atoms with Crippen LogP contribution in [0.2, 0.25) is 5.02 Å². The molecule has 0 unspecified atom stereocenters. The molecule has 3 aromatic carbocycles. The quantitative estimate of drug-likeness (QED) is 0.513. The topological polar surface area (TPSA) is 58.6 Å². The van der Waals surface area contributed by atoms with Gasteiger partial charge in [0.15, 0.2) is 0 Å². The Labute approximate surface area is 192 Å². The third-order valence-corrected chi connectivity index (χ3v) is 5.95. The summed E-state index contributed by atoms with van der Waals surface area (Å²) in [6, 6.07) is 18.2. The van der Waals surface area contributed by atoms with E-state index in [-0.39, 0.29) is 11.6 Å². The monoisotopic (exact) mass is 446 g/mol. The molecule has 0 bridgehead atoms. The van der Waals surface area contributed by atoms with Crippen LogP contribution in [0, 0.1) is 20.8 Å². The second-order valence-electron chi connectivity index (χ2n) is 7.76. The number of carbonyl (C=O) groups is 2. The van der Waals surface area contributed by atoms with Crippen molar-refractivity contribution in [2.24, 2.45) is 0 Å². The molecule has 2 amide bonds. The van der Waals surface area contributed by atoms with E-state index in [0.717, 1.165) is 16.7 Å². The van der Waals surface area contributed by atoms with Crippen molar-refractivity contribution in [2.75, 3.05) is 17.3 Å². The van der Waals surface area contributed by atoms with Crippen LogP contribution >= 0.6 is 11.6 Å². The maximum absolute atomic E-state index is 13.6. The number of nitrogens with one attached hydrogen (secondary N) is 1. The lowest BCUT2D eigenvalue weighted by Crippen LogP contribution is -2.33. The average molecular weight is 447 g/mol. The number of hydrogen-bond acceptors (Lipinski definition) is 4. The Hall–Kier alpha value is -3.57. The molecule has 1 aliphatic rings. The SMILES string of the molecule is COc1ccc(NC2=C(c3ccc(C)c(C)c3)C(=O)N(c3ccccc3C)C2=O)cc1Cl. The first-order valence-electron chi connectivity index (χ1n) is 10.2. The highest BCUT2D eigenvalue weighted by atomic mass is 35.5. The van der Waals surface area contributed by atoms with Crippen LogP contribution in [0.15, 0.2) is 66.4 Å². The normalized spacial score (nSPS) is 13.7. The van der Waals surface area contributed by atoms with Gasteiger partial charge in [-0.2, -0.15) is 0 Å². The molecule has 1 aliphatic heterocycles. The summed E-state index contributed by atoms with van der Waals surface area (Å²) in [7, 11) is 1.54. The zero-order valence-electron chi connectivity index (χ0n) is 18.3. The predicted molar refractivity (Wildman–Crippen MR) is 128 cm³/mol. The van der Waals surface area contributed by atoms with Crippen LogP contribution in [0.25, 0.3) is 5.57 Å². The third kappa shape index (κ3) is 3.76. The van der Waals surface area contributed by atoms with Gasteiger partial charge in [0.05, 0.1) is 23.4 Å². The highest BCUT2D eigenvalue weighted by molar-refractivity contribution is 6.46. The van der Waals surface area contributed by atoms with E-state index in [0.29, 0.717) is 33.3 Å². The van der Waals surface area contributed by atoms with E-state index in [1.165, 1.54) is 12.0 Å². The molecule has 1 N–H and O–H groups in total. The summed E-state index contributed by atoms with van der Waals surface area (Å²) >= 11 is 6.27. The molecule has 162 valence electrons. The highest BCUT2D eigenvalue weighted by Gasteiger charge is 2.40. The van der Waals surface area contributed by atoms with E-state index in [1.54, 1.807) is 24.3 Å². The summed E-state index contributed by atoms with van der Waals surface area (Å²) in [6.07, 6.45) is 0. The fourth-order valence-corrected chi connectivity index (χ4v) is 3.99. The molecule has 0 saturated heterocycles. The van der Waals surface area contributed by atoms with Gasteiger partial charge in [0.1, 0.15) is 11.4 Å². The van der Waals surface area contributed by atoms with Crippen LogP contribution in [0.1, 0.15) is 22.3 Å². The zero-order chi connectivity index (χ0) is 23.0. The Morgan fingerprint density at radius 3 is 2.25 bits per heavy atom. The smallest absolute Gasteiger partial charge is 0.282 e. The van der Waals surface area contributed by atoms with E-state index in [4.69, 9.17) is 16.3 Å². The van der Waals surface area contributed by atoms with Crippen LogP contribution in [0.3, 0.4) is 0 Å². The van der Waals surface area contributed by atoms with E-state index >= 15 is 0 Å². The molecule has 5 nitrogen and oxygen atoms in total. The molecule has 32 heavy (non-hydrogen) atoms. The molecule has 0 aliphatic carbocycles. The van der Waals surface area contributed by atoms with Crippen molar-refractivity contribution in [2.45, 2.75) is 20.8 Å². The Bertz CT molecular complexity index is 1280. The molecule has 0 radical (unpaired) electrons. The Kier molecular flexibility index (Phi) is 5.76. The number of para-hydroxylation sites is 1. The number of rotatable bonds is 5. The number of amides is 2. The number of halogens is 1. The molecule has 6 heteroatoms. The fraction of sp³-hybridized carbons (Fsp3) is 0.154. The molecule has 4 rings (SSSR count). The molecule has 0 spiro atoms. The first-order chi connectivity index (χ1) is 15.3. The number of aryl methyl sites for hydroxylation is 3. The number of imide groups is 1. The molecule has 0 atom stereocenters. The van der Waals surface area contributed by atoms with Crippen molar-refractivity contribution in [3.05, 3.63) is 93.6 Å². The van der Waals surface area contributed by atoms with Gasteiger partial charge in [0.2, 0.25) is 0 Å². The number of ether oxygens (including phenoxy) is 1. The minimum absolute atomic E-state index is 0.211. The summed E-state index contributed by atoms with van der Waals surface area (Å²) in [5.74, 6) is -0.255. The second-order valence-corrected chi connectivity index (χ2v) is 8.16. The van der Waals surface area contributed by atoms with Gasteiger partial charge < -0.3 is 10.1 Å². The van der Waals surface area contributed by atoms with Gasteiger partial charge in [-0.25, -0.2) is 4.90 Å². The number of carbonyl (C=O) groups excluding carboxylic acids is 2. The first-order valence-corrected chi connectivity index (χ1v) is 10.6. The van der Waals surface area contributed by atoms with Crippen molar-refractivity contribution in [1.82, 2.24) is 0 Å². The number of hydrogen-bond donors (Lipinski definition) is 1. The summed E-state index contributed by atoms with van der Waals surface area (Å²) in [5.41, 5.74) is 5.35. The Morgan fingerprint density at radius 2 is 1.59 bits per heavy atom. The lowest BCUT2D eigenvalue weighted by Gasteiger charge is -2.17. The van der Waals surface area contributed by atoms with E-state index in [9.17, 15) is 9.59 Å². The van der Waals surface area contributed by atoms with Gasteiger partial charge in [-0.05, 0) is 67.3 Å². The van der Waals surface area contributed by atoms with Gasteiger partial charge in [0, 0.05) is 5.69 Å². The minimum Gasteiger partial charge on any atom is -0.495 e. The van der Waals surface area contributed by atoms with E-state index < -0.39 is 5.91 Å². The zero-order valence-corrected chi connectivity index (χ0v) is 19.1. The number of benzene rings is 3. The maximum Gasteiger partial charge on any atom is 0.282 e. The summed E-state index contributed by atoms with van der Waals surface area (Å²) < 4.78 is 5.21. The van der Waals surface area contributed by atoms with Crippen LogP contribution in [-0.4, -0.2) is 18.9 Å². The summed E-state index contributed by atoms with van der Waals surface area (Å²) in [5, 5.41) is 3.54. The highest BCUT2D eigenvalue weighted by Crippen LogP contribution is 2.36. The summed E-state index contributed by atoms with van der Waals surface area (Å²) in [6.45, 7) is 5.86. The molecule has 0 saturated carbocycles. The maximum atomic E-state index is 13.6. The fourth-order valence-electron chi connectivity index (χ4n) is 3.73. The molecule has 1 heterocycles. The Balaban J connectivity index is 1.85. The van der Waals surface area contributed by atoms with Gasteiger partial charge in [-0.15, -0.1) is 0 Å². The van der Waals surface area contributed by atoms with E-state index in [2.05, 4.69) is 5.32 Å². The van der Waals surface area contributed by atoms with Crippen molar-refractivity contribution < 1.29 is 14.3 Å². The predicted octanol–water partition coefficient (Wildman–Crippen LogP) is 5.67. The van der Waals surface area contributed by atoms with Gasteiger partial charge in [-0.1, -0.05) is 48.0 Å². The average Bonchev–Trinajstić information content (AvgIpc) is 3.00. The largest absolute Gasteiger partial charge is 0.495 e. The standard InChI is InChI=1S/C26H23ClN2O3/c1-15-9-10-18(13-17(15)3)23-24(28-19-11-12-22(32-4)20(27)14-19)26(31)29(25(23)30)21-8-6-5-7-16(21)2/h5-14,28H,1-4H3. The van der Waals surface area contributed by atoms with Gasteiger partial charge >= 0.3 is 0 Å². The van der Waals surface area contributed by atoms with Crippen LogP contribution in [0.4, 0.5) is 11.4 Å². The van der Waals surface area contributed by atoms with Crippen LogP contribution in [0.5, 0.6) is 5.75 Å². The van der Waals surface area contributed by atoms with Gasteiger partial charge in [-0.3, -0.25) is 9.59 Å². The third-order valence-electron chi connectivity index (χ3n) is 5.66. The molecule has 0 aromatic heterocycles. The van der Waals surface area contributed by atoms with Crippen molar-refractivity contribution >= 4 is 40.4 Å². The minimum atomic E-state index is -0.413. The van der Waals surface area contributed by atoms with Crippen molar-refractivity contribution in [3.8, 4) is 5.75 Å². The number of anilines is 2. The number of nitrogens with zero attached hydrogens (tertiary/aromatic N) is 1. The molecule has 3 aromatic rings. The van der Waals surface area contributed by atoms with Crippen LogP contribution in [-0.2, 0) is 9.59 Å². The second kappa shape index (κ2) is 8.52. The lowest BCUT2D eigenvalue weighted by atomic mass is 9.99. The number of methoxy groups -OCH3 is 1.